The molecule has 1 amide bonds. The lowest BCUT2D eigenvalue weighted by atomic mass is 10.1. The van der Waals surface area contributed by atoms with Crippen LogP contribution in [0.15, 0.2) is 72.8 Å². The number of carbonyl (C=O) groups excluding carboxylic acids is 1. The summed E-state index contributed by atoms with van der Waals surface area (Å²) in [4.78, 5) is 13.9. The van der Waals surface area contributed by atoms with Gasteiger partial charge in [-0.15, -0.1) is 10.2 Å². The largest absolute Gasteiger partial charge is 0.326 e. The molecular weight excluding hydrogens is 360 g/mol. The minimum atomic E-state index is -0.0504. The van der Waals surface area contributed by atoms with E-state index in [0.717, 1.165) is 34.4 Å². The molecule has 1 heterocycles. The molecule has 0 spiro atoms. The fourth-order valence-corrected chi connectivity index (χ4v) is 3.27. The van der Waals surface area contributed by atoms with Gasteiger partial charge in [0.05, 0.1) is 12.1 Å². The standard InChI is InChI=1S/C24H24N4O/c1-2-3-7-18-10-13-21(14-11-18)28-26-22-15-12-20(17-23(22)27-28)25-24(29)16-19-8-5-4-6-9-19/h4-6,8-15,17H,2-3,7,16H2,1H3,(H,25,29). The summed E-state index contributed by atoms with van der Waals surface area (Å²) in [6, 6.07) is 23.7. The lowest BCUT2D eigenvalue weighted by molar-refractivity contribution is -0.115. The molecule has 0 radical (unpaired) electrons. The Labute approximate surface area is 170 Å². The van der Waals surface area contributed by atoms with E-state index in [4.69, 9.17) is 0 Å². The number of unbranched alkanes of at least 4 members (excludes halogenated alkanes) is 1. The fraction of sp³-hybridized carbons (Fsp3) is 0.208. The van der Waals surface area contributed by atoms with E-state index >= 15 is 0 Å². The molecule has 29 heavy (non-hydrogen) atoms. The molecule has 0 bridgehead atoms. The third-order valence-electron chi connectivity index (χ3n) is 4.86. The van der Waals surface area contributed by atoms with Gasteiger partial charge in [-0.2, -0.15) is 4.80 Å². The van der Waals surface area contributed by atoms with Crippen molar-refractivity contribution in [1.82, 2.24) is 15.0 Å². The molecule has 0 fully saturated rings. The predicted molar refractivity (Wildman–Crippen MR) is 116 cm³/mol. The molecule has 3 aromatic carbocycles. The van der Waals surface area contributed by atoms with Gasteiger partial charge in [-0.1, -0.05) is 55.8 Å². The van der Waals surface area contributed by atoms with E-state index in [1.54, 1.807) is 4.80 Å². The summed E-state index contributed by atoms with van der Waals surface area (Å²) in [5, 5.41) is 12.1. The molecule has 0 saturated carbocycles. The number of aryl methyl sites for hydroxylation is 1. The Balaban J connectivity index is 1.48. The van der Waals surface area contributed by atoms with E-state index < -0.39 is 0 Å². The second-order valence-electron chi connectivity index (χ2n) is 7.17. The normalized spacial score (nSPS) is 10.9. The second kappa shape index (κ2) is 8.69. The SMILES string of the molecule is CCCCc1ccc(-n2nc3ccc(NC(=O)Cc4ccccc4)cc3n2)cc1. The van der Waals surface area contributed by atoms with Gasteiger partial charge < -0.3 is 5.32 Å². The lowest BCUT2D eigenvalue weighted by Crippen LogP contribution is -2.14. The Morgan fingerprint density at radius 3 is 2.41 bits per heavy atom. The number of nitrogens with one attached hydrogen (secondary N) is 1. The maximum Gasteiger partial charge on any atom is 0.228 e. The number of amides is 1. The summed E-state index contributed by atoms with van der Waals surface area (Å²) in [7, 11) is 0. The van der Waals surface area contributed by atoms with E-state index in [1.807, 2.05) is 60.7 Å². The predicted octanol–water partition coefficient (Wildman–Crippen LogP) is 4.94. The topological polar surface area (TPSA) is 59.8 Å². The van der Waals surface area contributed by atoms with E-state index in [0.29, 0.717) is 6.42 Å². The maximum atomic E-state index is 12.3. The van der Waals surface area contributed by atoms with Crippen LogP contribution in [-0.2, 0) is 17.6 Å². The van der Waals surface area contributed by atoms with E-state index in [-0.39, 0.29) is 5.91 Å². The summed E-state index contributed by atoms with van der Waals surface area (Å²) in [6.45, 7) is 2.20. The Morgan fingerprint density at radius 2 is 1.66 bits per heavy atom. The highest BCUT2D eigenvalue weighted by Gasteiger charge is 2.08. The molecule has 4 aromatic rings. The van der Waals surface area contributed by atoms with Crippen molar-refractivity contribution in [2.45, 2.75) is 32.6 Å². The summed E-state index contributed by atoms with van der Waals surface area (Å²) < 4.78 is 0. The van der Waals surface area contributed by atoms with Crippen LogP contribution in [0.5, 0.6) is 0 Å². The van der Waals surface area contributed by atoms with Crippen LogP contribution >= 0.6 is 0 Å². The van der Waals surface area contributed by atoms with Gasteiger partial charge in [-0.05, 0) is 54.3 Å². The van der Waals surface area contributed by atoms with Gasteiger partial charge in [-0.25, -0.2) is 0 Å². The van der Waals surface area contributed by atoms with Crippen LogP contribution in [0.25, 0.3) is 16.7 Å². The van der Waals surface area contributed by atoms with Gasteiger partial charge in [0, 0.05) is 5.69 Å². The van der Waals surface area contributed by atoms with Crippen molar-refractivity contribution >= 4 is 22.6 Å². The van der Waals surface area contributed by atoms with Crippen molar-refractivity contribution in [3.8, 4) is 5.69 Å². The number of aromatic nitrogens is 3. The number of rotatable bonds is 7. The molecule has 0 saturated heterocycles. The van der Waals surface area contributed by atoms with E-state index in [9.17, 15) is 4.79 Å². The summed E-state index contributed by atoms with van der Waals surface area (Å²) in [5.74, 6) is -0.0504. The number of hydrogen-bond donors (Lipinski definition) is 1. The number of carbonyl (C=O) groups is 1. The Morgan fingerprint density at radius 1 is 0.897 bits per heavy atom. The van der Waals surface area contributed by atoms with Gasteiger partial charge in [-0.3, -0.25) is 4.79 Å². The molecule has 1 aromatic heterocycles. The van der Waals surface area contributed by atoms with Crippen LogP contribution in [0.4, 0.5) is 5.69 Å². The van der Waals surface area contributed by atoms with Crippen molar-refractivity contribution in [1.29, 1.82) is 0 Å². The number of hydrogen-bond acceptors (Lipinski definition) is 3. The minimum absolute atomic E-state index is 0.0504. The monoisotopic (exact) mass is 384 g/mol. The van der Waals surface area contributed by atoms with Gasteiger partial charge in [0.25, 0.3) is 0 Å². The number of anilines is 1. The molecule has 0 aliphatic heterocycles. The molecule has 4 rings (SSSR count). The molecule has 1 N–H and O–H groups in total. The molecule has 146 valence electrons. The summed E-state index contributed by atoms with van der Waals surface area (Å²) >= 11 is 0. The third kappa shape index (κ3) is 4.69. The average molecular weight is 384 g/mol. The van der Waals surface area contributed by atoms with Crippen molar-refractivity contribution in [3.05, 3.63) is 83.9 Å². The molecule has 5 heteroatoms. The highest BCUT2D eigenvalue weighted by molar-refractivity contribution is 5.94. The zero-order chi connectivity index (χ0) is 20.1. The van der Waals surface area contributed by atoms with Gasteiger partial charge in [0.15, 0.2) is 0 Å². The Hall–Kier alpha value is -3.47. The first-order valence-corrected chi connectivity index (χ1v) is 10.0. The third-order valence-corrected chi connectivity index (χ3v) is 4.86. The first kappa shape index (κ1) is 18.9. The van der Waals surface area contributed by atoms with Crippen molar-refractivity contribution in [2.24, 2.45) is 0 Å². The number of nitrogens with zero attached hydrogens (tertiary/aromatic N) is 3. The van der Waals surface area contributed by atoms with Crippen LogP contribution < -0.4 is 5.32 Å². The Bertz CT molecular complexity index is 1100. The van der Waals surface area contributed by atoms with Crippen molar-refractivity contribution < 1.29 is 4.79 Å². The van der Waals surface area contributed by atoms with Crippen LogP contribution in [0, 0.1) is 0 Å². The van der Waals surface area contributed by atoms with Crippen LogP contribution in [0.3, 0.4) is 0 Å². The van der Waals surface area contributed by atoms with Crippen molar-refractivity contribution in [3.63, 3.8) is 0 Å². The molecule has 0 aliphatic carbocycles. The van der Waals surface area contributed by atoms with Crippen LogP contribution in [0.1, 0.15) is 30.9 Å². The summed E-state index contributed by atoms with van der Waals surface area (Å²) in [6.07, 6.45) is 3.83. The van der Waals surface area contributed by atoms with Crippen molar-refractivity contribution in [2.75, 3.05) is 5.32 Å². The van der Waals surface area contributed by atoms with Crippen LogP contribution in [0.2, 0.25) is 0 Å². The lowest BCUT2D eigenvalue weighted by Gasteiger charge is -2.04. The van der Waals surface area contributed by atoms with E-state index in [1.165, 1.54) is 18.4 Å². The zero-order valence-electron chi connectivity index (χ0n) is 16.5. The maximum absolute atomic E-state index is 12.3. The first-order chi connectivity index (χ1) is 14.2. The molecule has 0 atom stereocenters. The van der Waals surface area contributed by atoms with E-state index in [2.05, 4.69) is 34.6 Å². The van der Waals surface area contributed by atoms with Gasteiger partial charge >= 0.3 is 0 Å². The molecule has 0 aliphatic rings. The average Bonchev–Trinajstić information content (AvgIpc) is 3.16. The number of benzene rings is 3. The Kier molecular flexibility index (Phi) is 5.66. The summed E-state index contributed by atoms with van der Waals surface area (Å²) in [5.41, 5.74) is 5.50. The number of fused-ring (bicyclic) bond motifs is 1. The first-order valence-electron chi connectivity index (χ1n) is 10.0. The zero-order valence-corrected chi connectivity index (χ0v) is 16.5. The fourth-order valence-electron chi connectivity index (χ4n) is 3.27. The van der Waals surface area contributed by atoms with Gasteiger partial charge in [0.1, 0.15) is 11.0 Å². The highest BCUT2D eigenvalue weighted by atomic mass is 16.1. The molecule has 5 nitrogen and oxygen atoms in total. The highest BCUT2D eigenvalue weighted by Crippen LogP contribution is 2.18. The smallest absolute Gasteiger partial charge is 0.228 e. The molecular formula is C24H24N4O. The molecule has 0 unspecified atom stereocenters. The quantitative estimate of drug-likeness (QED) is 0.491. The second-order valence-corrected chi connectivity index (χ2v) is 7.17. The minimum Gasteiger partial charge on any atom is -0.326 e. The van der Waals surface area contributed by atoms with Crippen LogP contribution in [-0.4, -0.2) is 20.9 Å². The van der Waals surface area contributed by atoms with Gasteiger partial charge in [0.2, 0.25) is 5.91 Å².